The Kier molecular flexibility index (Phi) is 3.53. The molecule has 0 amide bonds. The lowest BCUT2D eigenvalue weighted by atomic mass is 10.1. The van der Waals surface area contributed by atoms with Crippen LogP contribution < -0.4 is 0 Å². The summed E-state index contributed by atoms with van der Waals surface area (Å²) in [6.07, 6.45) is 0. The first kappa shape index (κ1) is 14.8. The van der Waals surface area contributed by atoms with Crippen LogP contribution in [0.3, 0.4) is 0 Å². The van der Waals surface area contributed by atoms with Crippen molar-refractivity contribution in [2.24, 2.45) is 9.98 Å². The number of para-hydroxylation sites is 1. The minimum absolute atomic E-state index is 0.0511. The van der Waals surface area contributed by atoms with Gasteiger partial charge in [0.1, 0.15) is 5.70 Å². The normalized spacial score (nSPS) is 20.2. The summed E-state index contributed by atoms with van der Waals surface area (Å²) in [5.74, 6) is 0.897. The number of morpholine rings is 1. The van der Waals surface area contributed by atoms with Crippen molar-refractivity contribution in [2.45, 2.75) is 13.5 Å². The number of hydrogen-bond donors (Lipinski definition) is 0. The van der Waals surface area contributed by atoms with Crippen molar-refractivity contribution >= 4 is 17.5 Å². The minimum Gasteiger partial charge on any atom is -0.378 e. The summed E-state index contributed by atoms with van der Waals surface area (Å²) in [7, 11) is 0. The Morgan fingerprint density at radius 2 is 1.96 bits per heavy atom. The maximum Gasteiger partial charge on any atom is 0.330 e. The molecule has 3 heterocycles. The summed E-state index contributed by atoms with van der Waals surface area (Å²) < 4.78 is 5.34. The van der Waals surface area contributed by atoms with Crippen LogP contribution in [0.25, 0.3) is 0 Å². The Morgan fingerprint density at radius 1 is 1.21 bits per heavy atom. The Hall–Kier alpha value is -2.74. The number of rotatable bonds is 1. The highest BCUT2D eigenvalue weighted by molar-refractivity contribution is 6.08. The number of guanidine groups is 1. The second kappa shape index (κ2) is 5.72. The molecule has 8 nitrogen and oxygen atoms in total. The third-order valence-corrected chi connectivity index (χ3v) is 4.44. The third kappa shape index (κ3) is 2.35. The molecule has 4 rings (SSSR count). The number of amidine groups is 1. The van der Waals surface area contributed by atoms with Crippen LogP contribution in [-0.4, -0.2) is 52.8 Å². The second-order valence-corrected chi connectivity index (χ2v) is 5.85. The molecule has 0 unspecified atom stereocenters. The summed E-state index contributed by atoms with van der Waals surface area (Å²) in [5, 5.41) is 11.7. The Labute approximate surface area is 138 Å². The van der Waals surface area contributed by atoms with Crippen molar-refractivity contribution < 1.29 is 9.66 Å². The zero-order valence-corrected chi connectivity index (χ0v) is 13.3. The fourth-order valence-corrected chi connectivity index (χ4v) is 3.16. The zero-order valence-electron chi connectivity index (χ0n) is 13.3. The van der Waals surface area contributed by atoms with Crippen LogP contribution in [0.5, 0.6) is 0 Å². The molecule has 1 aromatic rings. The molecule has 0 bridgehead atoms. The monoisotopic (exact) mass is 327 g/mol. The summed E-state index contributed by atoms with van der Waals surface area (Å²) in [6, 6.07) is 7.79. The predicted molar refractivity (Wildman–Crippen MR) is 88.6 cm³/mol. The maximum atomic E-state index is 11.7. The molecule has 0 aliphatic carbocycles. The fourth-order valence-electron chi connectivity index (χ4n) is 3.16. The lowest BCUT2D eigenvalue weighted by Crippen LogP contribution is -2.47. The van der Waals surface area contributed by atoms with Gasteiger partial charge < -0.3 is 14.5 Å². The molecule has 1 aromatic carbocycles. The van der Waals surface area contributed by atoms with E-state index in [0.717, 1.165) is 11.3 Å². The highest BCUT2D eigenvalue weighted by Gasteiger charge is 2.38. The van der Waals surface area contributed by atoms with Gasteiger partial charge in [-0.25, -0.2) is 4.99 Å². The smallest absolute Gasteiger partial charge is 0.330 e. The Balaban J connectivity index is 1.82. The standard InChI is InChI=1S/C16H17N5O3/c1-11-14(21(22)23)15(19-6-8-24-9-7-19)18-16-17-13-5-3-2-4-12(13)10-20(11)16/h2-5H,6-10H2,1H3. The molecule has 0 N–H and O–H groups in total. The van der Waals surface area contributed by atoms with Crippen molar-refractivity contribution in [3.63, 3.8) is 0 Å². The van der Waals surface area contributed by atoms with E-state index < -0.39 is 0 Å². The quantitative estimate of drug-likeness (QED) is 0.579. The van der Waals surface area contributed by atoms with E-state index in [-0.39, 0.29) is 10.6 Å². The first-order valence-electron chi connectivity index (χ1n) is 7.86. The molecular weight excluding hydrogens is 310 g/mol. The van der Waals surface area contributed by atoms with Crippen LogP contribution in [0.15, 0.2) is 45.6 Å². The molecule has 124 valence electrons. The van der Waals surface area contributed by atoms with Crippen LogP contribution in [0.4, 0.5) is 5.69 Å². The van der Waals surface area contributed by atoms with Crippen molar-refractivity contribution in [1.82, 2.24) is 9.80 Å². The van der Waals surface area contributed by atoms with Gasteiger partial charge in [0.25, 0.3) is 0 Å². The van der Waals surface area contributed by atoms with E-state index in [9.17, 15) is 10.1 Å². The molecule has 0 spiro atoms. The molecule has 8 heteroatoms. The molecule has 1 saturated heterocycles. The Bertz CT molecular complexity index is 793. The van der Waals surface area contributed by atoms with Crippen molar-refractivity contribution in [3.05, 3.63) is 51.3 Å². The van der Waals surface area contributed by atoms with Gasteiger partial charge in [-0.05, 0) is 18.6 Å². The van der Waals surface area contributed by atoms with Gasteiger partial charge in [-0.15, -0.1) is 0 Å². The SMILES string of the molecule is CC1=C([N+](=O)[O-])C(N2CCOCC2)=NC2=Nc3ccccc3CN21. The van der Waals surface area contributed by atoms with Gasteiger partial charge in [-0.1, -0.05) is 18.2 Å². The van der Waals surface area contributed by atoms with E-state index in [2.05, 4.69) is 9.98 Å². The highest BCUT2D eigenvalue weighted by atomic mass is 16.6. The average Bonchev–Trinajstić information content (AvgIpc) is 2.60. The predicted octanol–water partition coefficient (Wildman–Crippen LogP) is 1.74. The second-order valence-electron chi connectivity index (χ2n) is 5.85. The van der Waals surface area contributed by atoms with Crippen LogP contribution in [-0.2, 0) is 11.3 Å². The van der Waals surface area contributed by atoms with Gasteiger partial charge in [0.05, 0.1) is 30.4 Å². The first-order chi connectivity index (χ1) is 11.6. The lowest BCUT2D eigenvalue weighted by Gasteiger charge is -2.35. The average molecular weight is 327 g/mol. The molecular formula is C16H17N5O3. The molecule has 3 aliphatic heterocycles. The number of fused-ring (bicyclic) bond motifs is 2. The van der Waals surface area contributed by atoms with Crippen LogP contribution in [0.1, 0.15) is 12.5 Å². The summed E-state index contributed by atoms with van der Waals surface area (Å²) >= 11 is 0. The van der Waals surface area contributed by atoms with Crippen LogP contribution >= 0.6 is 0 Å². The molecule has 0 saturated carbocycles. The van der Waals surface area contributed by atoms with E-state index >= 15 is 0 Å². The molecule has 0 atom stereocenters. The zero-order chi connectivity index (χ0) is 16.7. The van der Waals surface area contributed by atoms with E-state index in [4.69, 9.17) is 4.74 Å². The number of benzene rings is 1. The first-order valence-corrected chi connectivity index (χ1v) is 7.86. The van der Waals surface area contributed by atoms with E-state index in [1.807, 2.05) is 34.1 Å². The number of ether oxygens (including phenoxy) is 1. The molecule has 3 aliphatic rings. The number of aliphatic imine (C=N–C) groups is 2. The molecule has 0 radical (unpaired) electrons. The largest absolute Gasteiger partial charge is 0.378 e. The number of nitro groups is 1. The van der Waals surface area contributed by atoms with Gasteiger partial charge in [-0.2, -0.15) is 4.99 Å². The van der Waals surface area contributed by atoms with Crippen molar-refractivity contribution in [2.75, 3.05) is 26.3 Å². The number of allylic oxidation sites excluding steroid dienone is 1. The van der Waals surface area contributed by atoms with Gasteiger partial charge in [0.2, 0.25) is 11.8 Å². The highest BCUT2D eigenvalue weighted by Crippen LogP contribution is 2.32. The van der Waals surface area contributed by atoms with Gasteiger partial charge >= 0.3 is 5.70 Å². The lowest BCUT2D eigenvalue weighted by molar-refractivity contribution is -0.418. The van der Waals surface area contributed by atoms with Crippen molar-refractivity contribution in [1.29, 1.82) is 0 Å². The number of hydrogen-bond acceptors (Lipinski definition) is 7. The molecule has 24 heavy (non-hydrogen) atoms. The Morgan fingerprint density at radius 3 is 2.71 bits per heavy atom. The van der Waals surface area contributed by atoms with E-state index in [1.165, 1.54) is 0 Å². The van der Waals surface area contributed by atoms with Gasteiger partial charge in [0.15, 0.2) is 0 Å². The molecule has 0 aromatic heterocycles. The van der Waals surface area contributed by atoms with Crippen LogP contribution in [0.2, 0.25) is 0 Å². The topological polar surface area (TPSA) is 83.6 Å². The van der Waals surface area contributed by atoms with Gasteiger partial charge in [-0.3, -0.25) is 10.1 Å². The summed E-state index contributed by atoms with van der Waals surface area (Å²) in [4.78, 5) is 24.2. The number of nitrogens with zero attached hydrogens (tertiary/aromatic N) is 5. The third-order valence-electron chi connectivity index (χ3n) is 4.44. The fraction of sp³-hybridized carbons (Fsp3) is 0.375. The van der Waals surface area contributed by atoms with E-state index in [1.54, 1.807) is 6.92 Å². The minimum atomic E-state index is -0.346. The van der Waals surface area contributed by atoms with E-state index in [0.29, 0.717) is 50.3 Å². The van der Waals surface area contributed by atoms with Gasteiger partial charge in [0, 0.05) is 13.1 Å². The summed E-state index contributed by atoms with van der Waals surface area (Å²) in [5.41, 5.74) is 2.53. The molecule has 1 fully saturated rings. The van der Waals surface area contributed by atoms with Crippen LogP contribution in [0, 0.1) is 10.1 Å². The summed E-state index contributed by atoms with van der Waals surface area (Å²) in [6.45, 7) is 4.57. The van der Waals surface area contributed by atoms with Crippen molar-refractivity contribution in [3.8, 4) is 0 Å². The maximum absolute atomic E-state index is 11.7.